The van der Waals surface area contributed by atoms with Gasteiger partial charge in [0, 0.05) is 6.54 Å². The minimum Gasteiger partial charge on any atom is -0.337 e. The van der Waals surface area contributed by atoms with E-state index in [-0.39, 0.29) is 0 Å². The van der Waals surface area contributed by atoms with Gasteiger partial charge in [-0.25, -0.2) is 4.79 Å². The third-order valence-electron chi connectivity index (χ3n) is 2.82. The van der Waals surface area contributed by atoms with Crippen LogP contribution >= 0.6 is 11.6 Å². The van der Waals surface area contributed by atoms with Crippen molar-refractivity contribution in [1.29, 1.82) is 0 Å². The maximum atomic E-state index is 11.2. The lowest BCUT2D eigenvalue weighted by Crippen LogP contribution is -2.43. The molecule has 1 saturated carbocycles. The van der Waals surface area contributed by atoms with Gasteiger partial charge in [-0.1, -0.05) is 13.8 Å². The maximum absolute atomic E-state index is 11.2. The van der Waals surface area contributed by atoms with E-state index in [1.165, 1.54) is 6.92 Å². The van der Waals surface area contributed by atoms with Crippen molar-refractivity contribution in [3.63, 3.8) is 0 Å². The molecule has 15 heavy (non-hydrogen) atoms. The Hall–Kier alpha value is -0.770. The van der Waals surface area contributed by atoms with E-state index < -0.39 is 17.3 Å². The number of halogens is 1. The van der Waals surface area contributed by atoms with E-state index in [4.69, 9.17) is 11.6 Å². The van der Waals surface area contributed by atoms with Gasteiger partial charge < -0.3 is 5.32 Å². The molecule has 1 rings (SSSR count). The van der Waals surface area contributed by atoms with Gasteiger partial charge in [0.1, 0.15) is 5.38 Å². The van der Waals surface area contributed by atoms with E-state index >= 15 is 0 Å². The number of urea groups is 1. The van der Waals surface area contributed by atoms with E-state index in [1.54, 1.807) is 0 Å². The molecule has 0 heterocycles. The molecular weight excluding hydrogens is 216 g/mol. The highest BCUT2D eigenvalue weighted by Gasteiger charge is 2.45. The molecule has 0 aliphatic heterocycles. The lowest BCUT2D eigenvalue weighted by atomic mass is 10.1. The van der Waals surface area contributed by atoms with Gasteiger partial charge in [0.25, 0.3) is 0 Å². The van der Waals surface area contributed by atoms with E-state index in [0.29, 0.717) is 17.9 Å². The van der Waals surface area contributed by atoms with Crippen LogP contribution in [0.2, 0.25) is 0 Å². The second-order valence-corrected chi connectivity index (χ2v) is 5.36. The smallest absolute Gasteiger partial charge is 0.321 e. The monoisotopic (exact) mass is 232 g/mol. The summed E-state index contributed by atoms with van der Waals surface area (Å²) >= 11 is 5.50. The number of hydrogen-bond donors (Lipinski definition) is 2. The van der Waals surface area contributed by atoms with Crippen molar-refractivity contribution in [1.82, 2.24) is 10.6 Å². The molecule has 0 saturated heterocycles. The first-order valence-electron chi connectivity index (χ1n) is 5.05. The normalized spacial score (nSPS) is 24.1. The summed E-state index contributed by atoms with van der Waals surface area (Å²) in [5, 5.41) is 4.14. The molecule has 0 bridgehead atoms. The number of carbonyl (C=O) groups is 2. The minimum atomic E-state index is -0.687. The summed E-state index contributed by atoms with van der Waals surface area (Å²) in [7, 11) is 0. The second-order valence-electron chi connectivity index (χ2n) is 4.70. The maximum Gasteiger partial charge on any atom is 0.321 e. The zero-order valence-corrected chi connectivity index (χ0v) is 10.0. The fourth-order valence-electron chi connectivity index (χ4n) is 1.40. The Morgan fingerprint density at radius 1 is 1.53 bits per heavy atom. The predicted molar refractivity (Wildman–Crippen MR) is 58.7 cm³/mol. The van der Waals surface area contributed by atoms with E-state index in [1.807, 2.05) is 0 Å². The molecule has 1 aliphatic rings. The summed E-state index contributed by atoms with van der Waals surface area (Å²) in [4.78, 5) is 22.2. The summed E-state index contributed by atoms with van der Waals surface area (Å²) in [5.74, 6) is 0.0519. The van der Waals surface area contributed by atoms with Gasteiger partial charge in [-0.15, -0.1) is 11.6 Å². The zero-order chi connectivity index (χ0) is 11.6. The van der Waals surface area contributed by atoms with Gasteiger partial charge in [0.15, 0.2) is 0 Å². The lowest BCUT2D eigenvalue weighted by molar-refractivity contribution is -0.119. The number of nitrogens with one attached hydrogen (secondary N) is 2. The van der Waals surface area contributed by atoms with Crippen LogP contribution in [0.1, 0.15) is 27.2 Å². The Morgan fingerprint density at radius 2 is 2.07 bits per heavy atom. The van der Waals surface area contributed by atoms with Crippen molar-refractivity contribution in [3.05, 3.63) is 0 Å². The zero-order valence-electron chi connectivity index (χ0n) is 9.26. The molecule has 86 valence electrons. The Morgan fingerprint density at radius 3 is 2.47 bits per heavy atom. The third-order valence-corrected chi connectivity index (χ3v) is 3.02. The highest BCUT2D eigenvalue weighted by atomic mass is 35.5. The van der Waals surface area contributed by atoms with Crippen molar-refractivity contribution in [3.8, 4) is 0 Å². The SMILES string of the molecule is CC(Cl)C(=O)NC(=O)NCC1CC1(C)C. The summed E-state index contributed by atoms with van der Waals surface area (Å²) < 4.78 is 0. The molecule has 0 radical (unpaired) electrons. The van der Waals surface area contributed by atoms with Crippen LogP contribution in [0.3, 0.4) is 0 Å². The molecule has 0 aromatic carbocycles. The van der Waals surface area contributed by atoms with Crippen LogP contribution < -0.4 is 10.6 Å². The molecule has 0 spiro atoms. The summed E-state index contributed by atoms with van der Waals surface area (Å²) in [5.41, 5.74) is 0.330. The van der Waals surface area contributed by atoms with Crippen LogP contribution in [-0.2, 0) is 4.79 Å². The van der Waals surface area contributed by atoms with Crippen molar-refractivity contribution in [2.24, 2.45) is 11.3 Å². The van der Waals surface area contributed by atoms with Crippen molar-refractivity contribution >= 4 is 23.5 Å². The van der Waals surface area contributed by atoms with Crippen LogP contribution in [0.25, 0.3) is 0 Å². The van der Waals surface area contributed by atoms with E-state index in [0.717, 1.165) is 6.42 Å². The van der Waals surface area contributed by atoms with E-state index in [9.17, 15) is 9.59 Å². The average Bonchev–Trinajstić information content (AvgIpc) is 2.70. The lowest BCUT2D eigenvalue weighted by Gasteiger charge is -2.08. The molecule has 2 N–H and O–H groups in total. The molecule has 3 amide bonds. The van der Waals surface area contributed by atoms with E-state index in [2.05, 4.69) is 24.5 Å². The number of amides is 3. The van der Waals surface area contributed by atoms with Crippen molar-refractivity contribution < 1.29 is 9.59 Å². The highest BCUT2D eigenvalue weighted by Crippen LogP contribution is 2.50. The Balaban J connectivity index is 2.17. The molecule has 1 aliphatic carbocycles. The molecule has 4 nitrogen and oxygen atoms in total. The van der Waals surface area contributed by atoms with Crippen LogP contribution in [0.4, 0.5) is 4.79 Å². The van der Waals surface area contributed by atoms with Gasteiger partial charge in [-0.2, -0.15) is 0 Å². The van der Waals surface area contributed by atoms with Crippen LogP contribution in [-0.4, -0.2) is 23.9 Å². The van der Waals surface area contributed by atoms with Gasteiger partial charge in [-0.05, 0) is 24.7 Å². The quantitative estimate of drug-likeness (QED) is 0.725. The van der Waals surface area contributed by atoms with Gasteiger partial charge >= 0.3 is 6.03 Å². The summed E-state index contributed by atoms with van der Waals surface area (Å²) in [6, 6.07) is -0.463. The fraction of sp³-hybridized carbons (Fsp3) is 0.800. The molecular formula is C10H17ClN2O2. The third kappa shape index (κ3) is 3.70. The molecule has 0 aromatic rings. The minimum absolute atomic E-state index is 0.330. The first-order valence-corrected chi connectivity index (χ1v) is 5.49. The standard InChI is InChI=1S/C10H17ClN2O2/c1-6(11)8(14)13-9(15)12-5-7-4-10(7,2)3/h6-7H,4-5H2,1-3H3,(H2,12,13,14,15). The first kappa shape index (κ1) is 12.3. The molecule has 0 aromatic heterocycles. The van der Waals surface area contributed by atoms with Gasteiger partial charge in [0.2, 0.25) is 5.91 Å². The number of carbonyl (C=O) groups excluding carboxylic acids is 2. The van der Waals surface area contributed by atoms with Crippen LogP contribution in [0.15, 0.2) is 0 Å². The number of rotatable bonds is 3. The van der Waals surface area contributed by atoms with Crippen molar-refractivity contribution in [2.45, 2.75) is 32.6 Å². The fourth-order valence-corrected chi connectivity index (χ4v) is 1.45. The molecule has 1 fully saturated rings. The van der Waals surface area contributed by atoms with Crippen LogP contribution in [0, 0.1) is 11.3 Å². The van der Waals surface area contributed by atoms with Gasteiger partial charge in [0.05, 0.1) is 0 Å². The number of hydrogen-bond acceptors (Lipinski definition) is 2. The molecule has 2 unspecified atom stereocenters. The molecule has 2 atom stereocenters. The Kier molecular flexibility index (Phi) is 3.60. The average molecular weight is 233 g/mol. The molecule has 5 heteroatoms. The Bertz CT molecular complexity index is 277. The van der Waals surface area contributed by atoms with Gasteiger partial charge in [-0.3, -0.25) is 10.1 Å². The second kappa shape index (κ2) is 4.39. The first-order chi connectivity index (χ1) is 6.83. The number of alkyl halides is 1. The van der Waals surface area contributed by atoms with Crippen molar-refractivity contribution in [2.75, 3.05) is 6.54 Å². The summed E-state index contributed by atoms with van der Waals surface area (Å²) in [6.07, 6.45) is 1.12. The largest absolute Gasteiger partial charge is 0.337 e. The number of imide groups is 1. The Labute approximate surface area is 94.7 Å². The predicted octanol–water partition coefficient (Wildman–Crippen LogP) is 1.49. The summed E-state index contributed by atoms with van der Waals surface area (Å²) in [6.45, 7) is 6.45. The highest BCUT2D eigenvalue weighted by molar-refractivity contribution is 6.31. The topological polar surface area (TPSA) is 58.2 Å². The van der Waals surface area contributed by atoms with Crippen LogP contribution in [0.5, 0.6) is 0 Å².